The molecule has 2 N–H and O–H groups in total. The van der Waals surface area contributed by atoms with Crippen LogP contribution in [-0.4, -0.2) is 26.1 Å². The Labute approximate surface area is 175 Å². The number of phenolic OH excluding ortho intramolecular Hbond substituents is 1. The Kier molecular flexibility index (Phi) is 5.07. The number of aromatic carboxylic acids is 1. The number of fused-ring (bicyclic) bond motifs is 1. The first kappa shape index (κ1) is 19.6. The summed E-state index contributed by atoms with van der Waals surface area (Å²) in [6.45, 7) is 0. The number of pyridine rings is 1. The quantitative estimate of drug-likeness (QED) is 0.246. The number of carboxylic acids is 1. The van der Waals surface area contributed by atoms with Gasteiger partial charge in [0.1, 0.15) is 5.75 Å². The number of nitro groups is 1. The van der Waals surface area contributed by atoms with Crippen LogP contribution in [0.25, 0.3) is 22.2 Å². The van der Waals surface area contributed by atoms with Crippen molar-refractivity contribution in [1.82, 2.24) is 4.98 Å². The molecule has 3 aromatic carbocycles. The number of benzene rings is 3. The van der Waals surface area contributed by atoms with Gasteiger partial charge < -0.3 is 10.2 Å². The smallest absolute Gasteiger partial charge is 0.336 e. The van der Waals surface area contributed by atoms with Gasteiger partial charge in [0, 0.05) is 23.1 Å². The van der Waals surface area contributed by atoms with Crippen molar-refractivity contribution in [3.63, 3.8) is 0 Å². The van der Waals surface area contributed by atoms with Crippen LogP contribution in [0, 0.1) is 10.1 Å². The Morgan fingerprint density at radius 2 is 1.52 bits per heavy atom. The Balaban J connectivity index is 1.68. The van der Waals surface area contributed by atoms with Gasteiger partial charge in [-0.3, -0.25) is 10.1 Å². The normalized spacial score (nSPS) is 11.1. The number of carboxylic acid groups (broad SMARTS) is 1. The maximum atomic E-state index is 11.7. The minimum Gasteiger partial charge on any atom is -0.508 e. The van der Waals surface area contributed by atoms with E-state index in [0.29, 0.717) is 28.1 Å². The Hall–Kier alpha value is -4.66. The Morgan fingerprint density at radius 1 is 0.903 bits per heavy atom. The number of non-ortho nitro benzene ring substituents is 1. The second kappa shape index (κ2) is 7.99. The van der Waals surface area contributed by atoms with Crippen LogP contribution in [0.2, 0.25) is 0 Å². The van der Waals surface area contributed by atoms with Crippen molar-refractivity contribution in [2.45, 2.75) is 0 Å². The van der Waals surface area contributed by atoms with Crippen LogP contribution in [0.5, 0.6) is 5.75 Å². The number of hydrogen-bond acceptors (Lipinski definition) is 7. The first-order chi connectivity index (χ1) is 14.9. The monoisotopic (exact) mass is 414 g/mol. The van der Waals surface area contributed by atoms with Gasteiger partial charge in [0.15, 0.2) is 0 Å². The zero-order valence-corrected chi connectivity index (χ0v) is 15.8. The zero-order chi connectivity index (χ0) is 22.0. The van der Waals surface area contributed by atoms with Crippen LogP contribution in [0.4, 0.5) is 17.1 Å². The fourth-order valence-electron chi connectivity index (χ4n) is 2.99. The van der Waals surface area contributed by atoms with Gasteiger partial charge in [-0.2, -0.15) is 10.2 Å². The predicted octanol–water partition coefficient (Wildman–Crippen LogP) is 5.63. The van der Waals surface area contributed by atoms with Crippen molar-refractivity contribution in [1.29, 1.82) is 0 Å². The molecule has 4 rings (SSSR count). The third-order valence-corrected chi connectivity index (χ3v) is 4.53. The maximum absolute atomic E-state index is 11.7. The van der Waals surface area contributed by atoms with Crippen molar-refractivity contribution in [2.24, 2.45) is 10.2 Å². The molecule has 1 aromatic heterocycles. The molecule has 0 saturated heterocycles. The number of nitro benzene ring substituents is 1. The second-order valence-electron chi connectivity index (χ2n) is 6.58. The molecule has 9 nitrogen and oxygen atoms in total. The lowest BCUT2D eigenvalue weighted by molar-refractivity contribution is -0.384. The predicted molar refractivity (Wildman–Crippen MR) is 113 cm³/mol. The summed E-state index contributed by atoms with van der Waals surface area (Å²) in [6.07, 6.45) is 0. The molecular weight excluding hydrogens is 400 g/mol. The van der Waals surface area contributed by atoms with Gasteiger partial charge in [0.2, 0.25) is 0 Å². The molecule has 0 aliphatic heterocycles. The first-order valence-electron chi connectivity index (χ1n) is 9.04. The fraction of sp³-hybridized carbons (Fsp3) is 0. The SMILES string of the molecule is O=C(O)c1cc(-c2ccc(N=Nc3ccc(O)cc3)cc2)nc2ccc([N+](=O)[O-])cc12. The number of carbonyl (C=O) groups is 1. The molecule has 0 fully saturated rings. The van der Waals surface area contributed by atoms with Crippen LogP contribution in [0.1, 0.15) is 10.4 Å². The molecule has 0 atom stereocenters. The molecule has 0 unspecified atom stereocenters. The van der Waals surface area contributed by atoms with Gasteiger partial charge in [-0.25, -0.2) is 9.78 Å². The minimum atomic E-state index is -1.20. The van der Waals surface area contributed by atoms with E-state index >= 15 is 0 Å². The summed E-state index contributed by atoms with van der Waals surface area (Å²) in [5, 5.41) is 38.3. The summed E-state index contributed by atoms with van der Waals surface area (Å²) in [5.74, 6) is -1.06. The van der Waals surface area contributed by atoms with Crippen LogP contribution in [-0.2, 0) is 0 Å². The van der Waals surface area contributed by atoms with Gasteiger partial charge >= 0.3 is 5.97 Å². The van der Waals surface area contributed by atoms with Gasteiger partial charge in [-0.05, 0) is 48.5 Å². The van der Waals surface area contributed by atoms with Crippen molar-refractivity contribution < 1.29 is 19.9 Å². The topological polar surface area (TPSA) is 138 Å². The van der Waals surface area contributed by atoms with Gasteiger partial charge in [-0.15, -0.1) is 0 Å². The summed E-state index contributed by atoms with van der Waals surface area (Å²) in [7, 11) is 0. The average Bonchev–Trinajstić information content (AvgIpc) is 2.77. The van der Waals surface area contributed by atoms with Gasteiger partial charge in [0.25, 0.3) is 5.69 Å². The molecule has 0 saturated carbocycles. The summed E-state index contributed by atoms with van der Waals surface area (Å²) in [6, 6.07) is 18.5. The first-order valence-corrected chi connectivity index (χ1v) is 9.04. The molecule has 4 aromatic rings. The maximum Gasteiger partial charge on any atom is 0.336 e. The lowest BCUT2D eigenvalue weighted by Gasteiger charge is -2.07. The average molecular weight is 414 g/mol. The van der Waals surface area contributed by atoms with Crippen LogP contribution < -0.4 is 0 Å². The third-order valence-electron chi connectivity index (χ3n) is 4.53. The zero-order valence-electron chi connectivity index (χ0n) is 15.8. The Bertz CT molecular complexity index is 1330. The van der Waals surface area contributed by atoms with E-state index < -0.39 is 10.9 Å². The highest BCUT2D eigenvalue weighted by Gasteiger charge is 2.16. The number of aromatic nitrogens is 1. The Morgan fingerprint density at radius 3 is 2.10 bits per heavy atom. The molecular formula is C22H14N4O5. The third kappa shape index (κ3) is 4.20. The van der Waals surface area contributed by atoms with E-state index in [4.69, 9.17) is 0 Å². The highest BCUT2D eigenvalue weighted by molar-refractivity contribution is 6.04. The van der Waals surface area contributed by atoms with E-state index in [1.807, 2.05) is 0 Å². The molecule has 0 aliphatic carbocycles. The standard InChI is InChI=1S/C22H14N4O5/c27-17-8-5-15(6-9-17)25-24-14-3-1-13(2-4-14)21-12-19(22(28)29)18-11-16(26(30)31)7-10-20(18)23-21/h1-12,27H,(H,28,29). The van der Waals surface area contributed by atoms with E-state index in [-0.39, 0.29) is 22.4 Å². The van der Waals surface area contributed by atoms with Crippen molar-refractivity contribution in [3.8, 4) is 17.0 Å². The van der Waals surface area contributed by atoms with Crippen LogP contribution in [0.3, 0.4) is 0 Å². The van der Waals surface area contributed by atoms with Crippen LogP contribution >= 0.6 is 0 Å². The molecule has 31 heavy (non-hydrogen) atoms. The lowest BCUT2D eigenvalue weighted by Crippen LogP contribution is -2.01. The molecule has 0 radical (unpaired) electrons. The molecule has 0 amide bonds. The van der Waals surface area contributed by atoms with Gasteiger partial charge in [0.05, 0.1) is 33.1 Å². The number of azo groups is 1. The minimum absolute atomic E-state index is 0.0696. The van der Waals surface area contributed by atoms with E-state index in [1.54, 1.807) is 36.4 Å². The molecule has 9 heteroatoms. The second-order valence-corrected chi connectivity index (χ2v) is 6.58. The lowest BCUT2D eigenvalue weighted by atomic mass is 10.0. The largest absolute Gasteiger partial charge is 0.508 e. The van der Waals surface area contributed by atoms with E-state index in [9.17, 15) is 25.1 Å². The summed E-state index contributed by atoms with van der Waals surface area (Å²) < 4.78 is 0. The van der Waals surface area contributed by atoms with Crippen molar-refractivity contribution in [2.75, 3.05) is 0 Å². The van der Waals surface area contributed by atoms with Crippen molar-refractivity contribution in [3.05, 3.63) is 88.5 Å². The van der Waals surface area contributed by atoms with Gasteiger partial charge in [-0.1, -0.05) is 12.1 Å². The fourth-order valence-corrected chi connectivity index (χ4v) is 2.99. The van der Waals surface area contributed by atoms with E-state index in [2.05, 4.69) is 15.2 Å². The molecule has 0 bridgehead atoms. The number of hydrogen-bond donors (Lipinski definition) is 2. The van der Waals surface area contributed by atoms with E-state index in [1.165, 1.54) is 36.4 Å². The molecule has 0 spiro atoms. The van der Waals surface area contributed by atoms with Crippen LogP contribution in [0.15, 0.2) is 83.0 Å². The number of phenols is 1. The van der Waals surface area contributed by atoms with E-state index in [0.717, 1.165) is 0 Å². The number of aromatic hydroxyl groups is 1. The highest BCUT2D eigenvalue weighted by Crippen LogP contribution is 2.29. The molecule has 152 valence electrons. The summed E-state index contributed by atoms with van der Waals surface area (Å²) in [4.78, 5) is 26.6. The highest BCUT2D eigenvalue weighted by atomic mass is 16.6. The molecule has 1 heterocycles. The van der Waals surface area contributed by atoms with Crippen molar-refractivity contribution >= 4 is 33.9 Å². The number of nitrogens with zero attached hydrogens (tertiary/aromatic N) is 4. The molecule has 0 aliphatic rings. The number of rotatable bonds is 5. The summed E-state index contributed by atoms with van der Waals surface area (Å²) >= 11 is 0. The summed E-state index contributed by atoms with van der Waals surface area (Å²) in [5.41, 5.74) is 2.31.